The van der Waals surface area contributed by atoms with Gasteiger partial charge < -0.3 is 10.7 Å². The molecule has 0 aliphatic rings. The molecule has 1 aromatic carbocycles. The molecule has 3 nitrogen and oxygen atoms in total. The van der Waals surface area contributed by atoms with Gasteiger partial charge in [0.15, 0.2) is 0 Å². The number of H-pyrrole nitrogens is 1. The van der Waals surface area contributed by atoms with Crippen LogP contribution >= 0.6 is 0 Å². The molecule has 0 unspecified atom stereocenters. The number of hydrogen-bond acceptors (Lipinski definition) is 2. The van der Waals surface area contributed by atoms with E-state index in [1.807, 2.05) is 20.8 Å². The van der Waals surface area contributed by atoms with Gasteiger partial charge in [-0.15, -0.1) is 0 Å². The number of benzene rings is 1. The fourth-order valence-electron chi connectivity index (χ4n) is 1.97. The van der Waals surface area contributed by atoms with Gasteiger partial charge in [0, 0.05) is 11.6 Å². The highest BCUT2D eigenvalue weighted by Gasteiger charge is 2.13. The SMILES string of the molecule is Cc1c(C)c(C)c2c(C#N)c[nH]c2c1N. The molecule has 0 spiro atoms. The fourth-order valence-corrected chi connectivity index (χ4v) is 1.97. The van der Waals surface area contributed by atoms with Crippen molar-refractivity contribution in [2.24, 2.45) is 0 Å². The zero-order chi connectivity index (χ0) is 11.2. The fraction of sp³-hybridized carbons (Fsp3) is 0.250. The Bertz CT molecular complexity index is 585. The smallest absolute Gasteiger partial charge is 0.101 e. The lowest BCUT2D eigenvalue weighted by molar-refractivity contribution is 1.29. The van der Waals surface area contributed by atoms with E-state index in [1.165, 1.54) is 0 Å². The Balaban J connectivity index is 3.05. The third kappa shape index (κ3) is 1.11. The lowest BCUT2D eigenvalue weighted by atomic mass is 9.97. The molecule has 0 saturated carbocycles. The number of nitrogen functional groups attached to an aromatic ring is 1. The Morgan fingerprint density at radius 1 is 1.20 bits per heavy atom. The molecular formula is C12H13N3. The summed E-state index contributed by atoms with van der Waals surface area (Å²) in [6.07, 6.45) is 1.72. The van der Waals surface area contributed by atoms with Gasteiger partial charge in [0.2, 0.25) is 0 Å². The van der Waals surface area contributed by atoms with Gasteiger partial charge in [-0.25, -0.2) is 0 Å². The van der Waals surface area contributed by atoms with Crippen molar-refractivity contribution < 1.29 is 0 Å². The van der Waals surface area contributed by atoms with Crippen molar-refractivity contribution in [1.82, 2.24) is 4.98 Å². The highest BCUT2D eigenvalue weighted by Crippen LogP contribution is 2.32. The summed E-state index contributed by atoms with van der Waals surface area (Å²) >= 11 is 0. The van der Waals surface area contributed by atoms with Gasteiger partial charge in [-0.05, 0) is 37.5 Å². The number of nitriles is 1. The van der Waals surface area contributed by atoms with Gasteiger partial charge in [-0.3, -0.25) is 0 Å². The average Bonchev–Trinajstić information content (AvgIpc) is 2.67. The zero-order valence-corrected chi connectivity index (χ0v) is 9.10. The summed E-state index contributed by atoms with van der Waals surface area (Å²) in [6, 6.07) is 2.18. The molecule has 3 N–H and O–H groups in total. The van der Waals surface area contributed by atoms with Crippen molar-refractivity contribution in [2.45, 2.75) is 20.8 Å². The molecule has 0 amide bonds. The summed E-state index contributed by atoms with van der Waals surface area (Å²) in [7, 11) is 0. The van der Waals surface area contributed by atoms with Crippen LogP contribution in [0.25, 0.3) is 10.9 Å². The van der Waals surface area contributed by atoms with E-state index in [4.69, 9.17) is 11.0 Å². The number of aromatic amines is 1. The van der Waals surface area contributed by atoms with E-state index in [0.29, 0.717) is 5.56 Å². The number of fused-ring (bicyclic) bond motifs is 1. The normalized spacial score (nSPS) is 10.5. The summed E-state index contributed by atoms with van der Waals surface area (Å²) < 4.78 is 0. The molecule has 0 atom stereocenters. The van der Waals surface area contributed by atoms with E-state index in [2.05, 4.69) is 11.1 Å². The number of nitrogens with one attached hydrogen (secondary N) is 1. The molecule has 0 aliphatic carbocycles. The predicted molar refractivity (Wildman–Crippen MR) is 61.6 cm³/mol. The Morgan fingerprint density at radius 2 is 1.87 bits per heavy atom. The van der Waals surface area contributed by atoms with Crippen molar-refractivity contribution in [3.63, 3.8) is 0 Å². The Hall–Kier alpha value is -1.95. The van der Waals surface area contributed by atoms with Crippen molar-refractivity contribution in [2.75, 3.05) is 5.73 Å². The van der Waals surface area contributed by atoms with Crippen LogP contribution in [0.15, 0.2) is 6.20 Å². The molecule has 3 heteroatoms. The highest BCUT2D eigenvalue weighted by atomic mass is 14.7. The number of nitrogens with two attached hydrogens (primary N) is 1. The summed E-state index contributed by atoms with van der Waals surface area (Å²) in [4.78, 5) is 3.07. The average molecular weight is 199 g/mol. The monoisotopic (exact) mass is 199 g/mol. The van der Waals surface area contributed by atoms with Gasteiger partial charge in [0.05, 0.1) is 16.8 Å². The van der Waals surface area contributed by atoms with Crippen LogP contribution in [-0.2, 0) is 0 Å². The molecule has 2 aromatic rings. The van der Waals surface area contributed by atoms with Crippen molar-refractivity contribution in [3.8, 4) is 6.07 Å². The van der Waals surface area contributed by atoms with Crippen LogP contribution in [0.1, 0.15) is 22.3 Å². The lowest BCUT2D eigenvalue weighted by Crippen LogP contribution is -1.97. The lowest BCUT2D eigenvalue weighted by Gasteiger charge is -2.10. The first-order valence-corrected chi connectivity index (χ1v) is 4.84. The maximum Gasteiger partial charge on any atom is 0.101 e. The second kappa shape index (κ2) is 3.03. The molecule has 0 aliphatic heterocycles. The highest BCUT2D eigenvalue weighted by molar-refractivity contribution is 5.98. The van der Waals surface area contributed by atoms with Crippen molar-refractivity contribution in [1.29, 1.82) is 5.26 Å². The number of aromatic nitrogens is 1. The second-order valence-electron chi connectivity index (χ2n) is 3.85. The molecule has 0 saturated heterocycles. The second-order valence-corrected chi connectivity index (χ2v) is 3.85. The maximum absolute atomic E-state index is 8.99. The van der Waals surface area contributed by atoms with Crippen LogP contribution in [0.3, 0.4) is 0 Å². The van der Waals surface area contributed by atoms with Gasteiger partial charge in [0.1, 0.15) is 6.07 Å². The van der Waals surface area contributed by atoms with E-state index in [0.717, 1.165) is 33.3 Å². The van der Waals surface area contributed by atoms with E-state index in [9.17, 15) is 0 Å². The van der Waals surface area contributed by atoms with Gasteiger partial charge >= 0.3 is 0 Å². The first-order valence-electron chi connectivity index (χ1n) is 4.84. The molecule has 76 valence electrons. The summed E-state index contributed by atoms with van der Waals surface area (Å²) in [5.74, 6) is 0. The molecule has 2 rings (SSSR count). The quantitative estimate of drug-likeness (QED) is 0.640. The molecule has 15 heavy (non-hydrogen) atoms. The van der Waals surface area contributed by atoms with Gasteiger partial charge in [0.25, 0.3) is 0 Å². The predicted octanol–water partition coefficient (Wildman–Crippen LogP) is 2.55. The third-order valence-electron chi connectivity index (χ3n) is 3.17. The number of hydrogen-bond donors (Lipinski definition) is 2. The number of nitrogens with zero attached hydrogens (tertiary/aromatic N) is 1. The minimum Gasteiger partial charge on any atom is -0.397 e. The van der Waals surface area contributed by atoms with Crippen LogP contribution in [-0.4, -0.2) is 4.98 Å². The van der Waals surface area contributed by atoms with Crippen LogP contribution in [0.2, 0.25) is 0 Å². The van der Waals surface area contributed by atoms with Crippen molar-refractivity contribution >= 4 is 16.6 Å². The van der Waals surface area contributed by atoms with E-state index in [-0.39, 0.29) is 0 Å². The number of aryl methyl sites for hydroxylation is 1. The number of rotatable bonds is 0. The van der Waals surface area contributed by atoms with Crippen LogP contribution in [0.5, 0.6) is 0 Å². The summed E-state index contributed by atoms with van der Waals surface area (Å²) in [6.45, 7) is 6.07. The van der Waals surface area contributed by atoms with E-state index in [1.54, 1.807) is 6.20 Å². The Labute approximate surface area is 88.5 Å². The van der Waals surface area contributed by atoms with Crippen LogP contribution < -0.4 is 5.73 Å². The van der Waals surface area contributed by atoms with E-state index >= 15 is 0 Å². The topological polar surface area (TPSA) is 65.6 Å². The van der Waals surface area contributed by atoms with Crippen LogP contribution in [0.4, 0.5) is 5.69 Å². The minimum absolute atomic E-state index is 0.664. The minimum atomic E-state index is 0.664. The first-order chi connectivity index (χ1) is 7.07. The molecule has 1 heterocycles. The van der Waals surface area contributed by atoms with Gasteiger partial charge in [-0.1, -0.05) is 0 Å². The summed E-state index contributed by atoms with van der Waals surface area (Å²) in [5, 5.41) is 9.95. The van der Waals surface area contributed by atoms with Crippen LogP contribution in [0, 0.1) is 32.1 Å². The van der Waals surface area contributed by atoms with E-state index < -0.39 is 0 Å². The zero-order valence-electron chi connectivity index (χ0n) is 9.10. The molecular weight excluding hydrogens is 186 g/mol. The Kier molecular flexibility index (Phi) is 1.94. The molecule has 1 aromatic heterocycles. The molecule has 0 fully saturated rings. The largest absolute Gasteiger partial charge is 0.397 e. The first kappa shape index (κ1) is 9.60. The Morgan fingerprint density at radius 3 is 2.47 bits per heavy atom. The molecule has 0 radical (unpaired) electrons. The standard InChI is InChI=1S/C12H13N3/c1-6-7(2)10-9(4-13)5-15-12(10)11(14)8(6)3/h5,15H,14H2,1-3H3. The number of anilines is 1. The molecule has 0 bridgehead atoms. The maximum atomic E-state index is 8.99. The van der Waals surface area contributed by atoms with Gasteiger partial charge in [-0.2, -0.15) is 5.26 Å². The van der Waals surface area contributed by atoms with Crippen molar-refractivity contribution in [3.05, 3.63) is 28.5 Å². The third-order valence-corrected chi connectivity index (χ3v) is 3.17. The summed E-state index contributed by atoms with van der Waals surface area (Å²) in [5.41, 5.74) is 11.7.